The summed E-state index contributed by atoms with van der Waals surface area (Å²) < 4.78 is 23.0. The molecule has 2 aromatic carbocycles. The Balaban J connectivity index is 2.13. The number of sulfone groups is 1. The average molecular weight is 348 g/mol. The van der Waals surface area contributed by atoms with Crippen LogP contribution in [0.2, 0.25) is 0 Å². The van der Waals surface area contributed by atoms with Crippen LogP contribution in [0.1, 0.15) is 24.1 Å². The minimum absolute atomic E-state index is 0.0397. The molecule has 0 fully saturated rings. The number of benzene rings is 2. The van der Waals surface area contributed by atoms with E-state index in [0.717, 1.165) is 11.1 Å². The van der Waals surface area contributed by atoms with Crippen LogP contribution in [0.15, 0.2) is 53.4 Å². The Morgan fingerprint density at radius 1 is 1.17 bits per heavy atom. The lowest BCUT2D eigenvalue weighted by Gasteiger charge is -2.25. The molecule has 7 heteroatoms. The van der Waals surface area contributed by atoms with Gasteiger partial charge in [-0.2, -0.15) is 0 Å². The van der Waals surface area contributed by atoms with E-state index >= 15 is 0 Å². The molecule has 0 aliphatic heterocycles. The van der Waals surface area contributed by atoms with Crippen molar-refractivity contribution in [2.45, 2.75) is 24.4 Å². The molecule has 1 atom stereocenters. The van der Waals surface area contributed by atoms with E-state index in [2.05, 4.69) is 4.90 Å². The smallest absolute Gasteiger partial charge is 0.269 e. The van der Waals surface area contributed by atoms with E-state index in [-0.39, 0.29) is 11.7 Å². The van der Waals surface area contributed by atoms with E-state index < -0.39 is 14.8 Å². The van der Waals surface area contributed by atoms with E-state index in [0.29, 0.717) is 11.4 Å². The highest BCUT2D eigenvalue weighted by Gasteiger charge is 2.15. The normalized spacial score (nSPS) is 13.0. The van der Waals surface area contributed by atoms with Crippen LogP contribution >= 0.6 is 0 Å². The molecule has 24 heavy (non-hydrogen) atoms. The van der Waals surface area contributed by atoms with E-state index in [1.54, 1.807) is 36.4 Å². The summed E-state index contributed by atoms with van der Waals surface area (Å²) in [5.74, 6) is 0. The molecule has 2 rings (SSSR count). The molecule has 128 valence electrons. The monoisotopic (exact) mass is 348 g/mol. The summed E-state index contributed by atoms with van der Waals surface area (Å²) in [5, 5.41) is 10.9. The second kappa shape index (κ2) is 7.11. The molecule has 0 aromatic heterocycles. The fraction of sp³-hybridized carbons (Fsp3) is 0.294. The third-order valence-corrected chi connectivity index (χ3v) is 5.13. The van der Waals surface area contributed by atoms with E-state index in [9.17, 15) is 18.5 Å². The highest BCUT2D eigenvalue weighted by atomic mass is 32.2. The van der Waals surface area contributed by atoms with Gasteiger partial charge in [-0.1, -0.05) is 24.3 Å². The zero-order valence-corrected chi connectivity index (χ0v) is 14.7. The van der Waals surface area contributed by atoms with Gasteiger partial charge in [-0.3, -0.25) is 15.0 Å². The SMILES string of the molecule is CC(c1ccc(S(C)(=O)=O)cc1)N(C)Cc1cccc([N+](=O)[O-])c1. The van der Waals surface area contributed by atoms with Crippen LogP contribution in [0.25, 0.3) is 0 Å². The first-order chi connectivity index (χ1) is 11.2. The van der Waals surface area contributed by atoms with Gasteiger partial charge in [-0.15, -0.1) is 0 Å². The molecule has 2 aromatic rings. The van der Waals surface area contributed by atoms with Crippen LogP contribution in [-0.4, -0.2) is 31.5 Å². The molecule has 0 N–H and O–H groups in total. The van der Waals surface area contributed by atoms with Gasteiger partial charge in [0.25, 0.3) is 5.69 Å². The van der Waals surface area contributed by atoms with E-state index in [4.69, 9.17) is 0 Å². The maximum Gasteiger partial charge on any atom is 0.269 e. The molecule has 0 radical (unpaired) electrons. The second-order valence-electron chi connectivity index (χ2n) is 5.86. The first-order valence-corrected chi connectivity index (χ1v) is 9.31. The van der Waals surface area contributed by atoms with Gasteiger partial charge in [0.2, 0.25) is 0 Å². The van der Waals surface area contributed by atoms with E-state index in [1.807, 2.05) is 20.0 Å². The molecular formula is C17H20N2O4S. The number of non-ortho nitro benzene ring substituents is 1. The topological polar surface area (TPSA) is 80.5 Å². The molecule has 6 nitrogen and oxygen atoms in total. The van der Waals surface area contributed by atoms with Crippen molar-refractivity contribution in [3.63, 3.8) is 0 Å². The fourth-order valence-corrected chi connectivity index (χ4v) is 3.07. The standard InChI is InChI=1S/C17H20N2O4S/c1-13(15-7-9-17(10-8-15)24(3,22)23)18(2)12-14-5-4-6-16(11-14)19(20)21/h4-11,13H,12H2,1-3H3. The summed E-state index contributed by atoms with van der Waals surface area (Å²) in [6, 6.07) is 13.4. The third-order valence-electron chi connectivity index (χ3n) is 4.01. The van der Waals surface area contributed by atoms with Crippen LogP contribution in [0.4, 0.5) is 5.69 Å². The summed E-state index contributed by atoms with van der Waals surface area (Å²) in [6.45, 7) is 2.56. The molecule has 0 bridgehead atoms. The predicted octanol–water partition coefficient (Wildman–Crippen LogP) is 3.19. The minimum Gasteiger partial charge on any atom is -0.295 e. The first kappa shape index (κ1) is 18.1. The number of hydrogen-bond acceptors (Lipinski definition) is 5. The largest absolute Gasteiger partial charge is 0.295 e. The summed E-state index contributed by atoms with van der Waals surface area (Å²) in [7, 11) is -1.28. The maximum atomic E-state index is 11.5. The van der Waals surface area contributed by atoms with Gasteiger partial charge in [0.1, 0.15) is 0 Å². The summed E-state index contributed by atoms with van der Waals surface area (Å²) in [6.07, 6.45) is 1.18. The van der Waals surface area contributed by atoms with Gasteiger partial charge in [0, 0.05) is 31.0 Å². The first-order valence-electron chi connectivity index (χ1n) is 7.42. The molecule has 0 saturated heterocycles. The summed E-state index contributed by atoms with van der Waals surface area (Å²) in [4.78, 5) is 12.8. The van der Waals surface area contributed by atoms with Crippen molar-refractivity contribution in [1.82, 2.24) is 4.90 Å². The zero-order valence-electron chi connectivity index (χ0n) is 13.8. The van der Waals surface area contributed by atoms with Gasteiger partial charge >= 0.3 is 0 Å². The molecule has 0 saturated carbocycles. The Morgan fingerprint density at radius 3 is 2.33 bits per heavy atom. The Labute approximate surface area is 141 Å². The fourth-order valence-electron chi connectivity index (χ4n) is 2.44. The third kappa shape index (κ3) is 4.39. The van der Waals surface area contributed by atoms with Crippen LogP contribution in [-0.2, 0) is 16.4 Å². The molecule has 0 spiro atoms. The molecule has 1 unspecified atom stereocenters. The van der Waals surface area contributed by atoms with Gasteiger partial charge in [0.15, 0.2) is 9.84 Å². The molecule has 0 aliphatic carbocycles. The Morgan fingerprint density at radius 2 is 1.79 bits per heavy atom. The van der Waals surface area contributed by atoms with Crippen molar-refractivity contribution < 1.29 is 13.3 Å². The Bertz CT molecular complexity index is 832. The van der Waals surface area contributed by atoms with Gasteiger partial charge in [-0.05, 0) is 37.2 Å². The zero-order chi connectivity index (χ0) is 17.9. The molecule has 0 amide bonds. The van der Waals surface area contributed by atoms with Crippen LogP contribution in [0.3, 0.4) is 0 Å². The average Bonchev–Trinajstić information content (AvgIpc) is 2.53. The van der Waals surface area contributed by atoms with Gasteiger partial charge < -0.3 is 0 Å². The predicted molar refractivity (Wildman–Crippen MR) is 92.5 cm³/mol. The summed E-state index contributed by atoms with van der Waals surface area (Å²) in [5.41, 5.74) is 1.91. The van der Waals surface area contributed by atoms with E-state index in [1.165, 1.54) is 12.3 Å². The lowest BCUT2D eigenvalue weighted by Crippen LogP contribution is -2.22. The van der Waals surface area contributed by atoms with Crippen molar-refractivity contribution >= 4 is 15.5 Å². The second-order valence-corrected chi connectivity index (χ2v) is 7.88. The lowest BCUT2D eigenvalue weighted by molar-refractivity contribution is -0.384. The Hall–Kier alpha value is -2.25. The Kier molecular flexibility index (Phi) is 5.36. The van der Waals surface area contributed by atoms with Crippen LogP contribution in [0, 0.1) is 10.1 Å². The number of nitrogens with zero attached hydrogens (tertiary/aromatic N) is 2. The molecule has 0 heterocycles. The quantitative estimate of drug-likeness (QED) is 0.591. The van der Waals surface area contributed by atoms with Crippen molar-refractivity contribution in [2.24, 2.45) is 0 Å². The van der Waals surface area contributed by atoms with Gasteiger partial charge in [0.05, 0.1) is 9.82 Å². The van der Waals surface area contributed by atoms with Crippen molar-refractivity contribution in [3.05, 3.63) is 69.8 Å². The number of nitro groups is 1. The molecular weight excluding hydrogens is 328 g/mol. The summed E-state index contributed by atoms with van der Waals surface area (Å²) >= 11 is 0. The number of rotatable bonds is 6. The van der Waals surface area contributed by atoms with Crippen LogP contribution in [0.5, 0.6) is 0 Å². The highest BCUT2D eigenvalue weighted by molar-refractivity contribution is 7.90. The molecule has 0 aliphatic rings. The van der Waals surface area contributed by atoms with Crippen molar-refractivity contribution in [3.8, 4) is 0 Å². The number of nitro benzene ring substituents is 1. The van der Waals surface area contributed by atoms with Crippen LogP contribution < -0.4 is 0 Å². The highest BCUT2D eigenvalue weighted by Crippen LogP contribution is 2.23. The van der Waals surface area contributed by atoms with Crippen molar-refractivity contribution in [1.29, 1.82) is 0 Å². The lowest BCUT2D eigenvalue weighted by atomic mass is 10.1. The number of hydrogen-bond donors (Lipinski definition) is 0. The maximum absolute atomic E-state index is 11.5. The minimum atomic E-state index is -3.20. The van der Waals surface area contributed by atoms with Crippen molar-refractivity contribution in [2.75, 3.05) is 13.3 Å². The van der Waals surface area contributed by atoms with Gasteiger partial charge in [-0.25, -0.2) is 8.42 Å².